The zero-order valence-electron chi connectivity index (χ0n) is 15.2. The van der Waals surface area contributed by atoms with Crippen molar-refractivity contribution in [2.75, 3.05) is 0 Å². The molecule has 1 aromatic rings. The van der Waals surface area contributed by atoms with Gasteiger partial charge in [0, 0.05) is 0 Å². The standard InChI is InChI=1S/C15H27NO7P2/c1-13(2,3)10-7-9(8-11(12(10)17)14(4,5)6)15(16,24(18,19)20)25(21,22)23/h7-8,17H,16H2,1-6H3,(H2,18,19,20)(H2,21,22,23). The van der Waals surface area contributed by atoms with Crippen LogP contribution in [-0.4, -0.2) is 24.7 Å². The van der Waals surface area contributed by atoms with Crippen molar-refractivity contribution in [2.24, 2.45) is 5.73 Å². The molecule has 0 saturated heterocycles. The maximum Gasteiger partial charge on any atom is 0.362 e. The summed E-state index contributed by atoms with van der Waals surface area (Å²) in [5, 5.41) is 7.43. The molecule has 0 aliphatic rings. The van der Waals surface area contributed by atoms with Crippen LogP contribution in [0.3, 0.4) is 0 Å². The molecule has 0 spiro atoms. The molecule has 0 radical (unpaired) electrons. The van der Waals surface area contributed by atoms with Crippen LogP contribution in [0.15, 0.2) is 12.1 Å². The predicted octanol–water partition coefficient (Wildman–Crippen LogP) is 2.41. The van der Waals surface area contributed by atoms with Gasteiger partial charge in [0.1, 0.15) is 5.75 Å². The van der Waals surface area contributed by atoms with E-state index in [1.165, 1.54) is 0 Å². The van der Waals surface area contributed by atoms with Crippen molar-refractivity contribution in [3.63, 3.8) is 0 Å². The van der Waals surface area contributed by atoms with E-state index in [1.807, 2.05) is 0 Å². The van der Waals surface area contributed by atoms with Crippen molar-refractivity contribution >= 4 is 15.2 Å². The van der Waals surface area contributed by atoms with Gasteiger partial charge in [-0.3, -0.25) is 9.13 Å². The molecular formula is C15H27NO7P2. The lowest BCUT2D eigenvalue weighted by atomic mass is 9.78. The van der Waals surface area contributed by atoms with Crippen molar-refractivity contribution in [1.29, 1.82) is 0 Å². The summed E-state index contributed by atoms with van der Waals surface area (Å²) in [4.78, 5) is 38.5. The highest BCUT2D eigenvalue weighted by Crippen LogP contribution is 2.71. The summed E-state index contributed by atoms with van der Waals surface area (Å²) >= 11 is 0. The molecule has 144 valence electrons. The summed E-state index contributed by atoms with van der Waals surface area (Å²) in [6.45, 7) is 10.5. The molecule has 0 aliphatic carbocycles. The van der Waals surface area contributed by atoms with Gasteiger partial charge in [-0.1, -0.05) is 41.5 Å². The Kier molecular flexibility index (Phi) is 5.51. The Morgan fingerprint density at radius 2 is 1.08 bits per heavy atom. The molecule has 0 heterocycles. The lowest BCUT2D eigenvalue weighted by Crippen LogP contribution is -2.37. The molecule has 1 aromatic carbocycles. The van der Waals surface area contributed by atoms with Gasteiger partial charge in [-0.15, -0.1) is 0 Å². The van der Waals surface area contributed by atoms with Gasteiger partial charge in [0.15, 0.2) is 0 Å². The lowest BCUT2D eigenvalue weighted by molar-refractivity contribution is 0.309. The van der Waals surface area contributed by atoms with Crippen LogP contribution in [0.2, 0.25) is 0 Å². The lowest BCUT2D eigenvalue weighted by Gasteiger charge is -2.34. The third kappa shape index (κ3) is 4.01. The summed E-state index contributed by atoms with van der Waals surface area (Å²) in [6.07, 6.45) is 0. The van der Waals surface area contributed by atoms with E-state index in [1.54, 1.807) is 41.5 Å². The zero-order chi connectivity index (χ0) is 20.2. The number of benzene rings is 1. The molecule has 0 bridgehead atoms. The van der Waals surface area contributed by atoms with E-state index in [4.69, 9.17) is 5.73 Å². The van der Waals surface area contributed by atoms with Crippen LogP contribution in [0.25, 0.3) is 0 Å². The number of hydrogen-bond acceptors (Lipinski definition) is 4. The first-order valence-corrected chi connectivity index (χ1v) is 10.8. The van der Waals surface area contributed by atoms with E-state index >= 15 is 0 Å². The van der Waals surface area contributed by atoms with Crippen LogP contribution in [0.4, 0.5) is 0 Å². The first-order chi connectivity index (χ1) is 10.7. The van der Waals surface area contributed by atoms with Crippen molar-refractivity contribution in [3.8, 4) is 5.75 Å². The van der Waals surface area contributed by atoms with Gasteiger partial charge in [0.05, 0.1) is 0 Å². The van der Waals surface area contributed by atoms with Gasteiger partial charge >= 0.3 is 15.2 Å². The Morgan fingerprint density at radius 3 is 1.28 bits per heavy atom. The number of phenols is 1. The largest absolute Gasteiger partial charge is 0.507 e. The summed E-state index contributed by atoms with van der Waals surface area (Å²) in [5.74, 6) is -0.0949. The molecule has 0 fully saturated rings. The molecule has 0 aliphatic heterocycles. The van der Waals surface area contributed by atoms with Crippen LogP contribution in [0.5, 0.6) is 5.75 Å². The molecule has 0 saturated carbocycles. The predicted molar refractivity (Wildman–Crippen MR) is 95.5 cm³/mol. The van der Waals surface area contributed by atoms with E-state index in [2.05, 4.69) is 0 Å². The van der Waals surface area contributed by atoms with E-state index in [0.29, 0.717) is 0 Å². The van der Waals surface area contributed by atoms with E-state index in [-0.39, 0.29) is 16.9 Å². The molecule has 1 rings (SSSR count). The topological polar surface area (TPSA) is 161 Å². The van der Waals surface area contributed by atoms with Gasteiger partial charge < -0.3 is 30.4 Å². The maximum absolute atomic E-state index is 11.9. The Balaban J connectivity index is 4.07. The Hall–Kier alpha value is -0.720. The van der Waals surface area contributed by atoms with Crippen LogP contribution in [0, 0.1) is 0 Å². The molecular weight excluding hydrogens is 368 g/mol. The highest BCUT2D eigenvalue weighted by atomic mass is 31.2. The highest BCUT2D eigenvalue weighted by Gasteiger charge is 2.59. The zero-order valence-corrected chi connectivity index (χ0v) is 17.0. The quantitative estimate of drug-likeness (QED) is 0.425. The van der Waals surface area contributed by atoms with Crippen molar-refractivity contribution < 1.29 is 33.8 Å². The molecule has 0 unspecified atom stereocenters. The molecule has 25 heavy (non-hydrogen) atoms. The van der Waals surface area contributed by atoms with E-state index in [0.717, 1.165) is 12.1 Å². The van der Waals surface area contributed by atoms with Crippen LogP contribution < -0.4 is 5.73 Å². The summed E-state index contributed by atoms with van der Waals surface area (Å²) in [7, 11) is -10.9. The van der Waals surface area contributed by atoms with Crippen molar-refractivity contribution in [3.05, 3.63) is 28.8 Å². The van der Waals surface area contributed by atoms with Gasteiger partial charge in [0.25, 0.3) is 0 Å². The second kappa shape index (κ2) is 6.17. The fourth-order valence-corrected chi connectivity index (χ4v) is 4.78. The summed E-state index contributed by atoms with van der Waals surface area (Å²) < 4.78 is 23.8. The molecule has 0 aromatic heterocycles. The van der Waals surface area contributed by atoms with Gasteiger partial charge in [-0.2, -0.15) is 0 Å². The van der Waals surface area contributed by atoms with Crippen molar-refractivity contribution in [1.82, 2.24) is 0 Å². The Morgan fingerprint density at radius 1 is 0.800 bits per heavy atom. The first-order valence-electron chi connectivity index (χ1n) is 7.53. The summed E-state index contributed by atoms with van der Waals surface area (Å²) in [6, 6.07) is 2.31. The Bertz CT molecular complexity index is 708. The van der Waals surface area contributed by atoms with Crippen LogP contribution in [-0.2, 0) is 25.0 Å². The third-order valence-corrected chi connectivity index (χ3v) is 7.89. The van der Waals surface area contributed by atoms with Gasteiger partial charge in [-0.25, -0.2) is 0 Å². The Labute approximate surface area is 147 Å². The average Bonchev–Trinajstić information content (AvgIpc) is 2.32. The normalized spacial score (nSPS) is 14.7. The number of rotatable bonds is 3. The fraction of sp³-hybridized carbons (Fsp3) is 0.600. The second-order valence-corrected chi connectivity index (χ2v) is 12.2. The summed E-state index contributed by atoms with van der Waals surface area (Å²) in [5.41, 5.74) is 4.47. The number of hydrogen-bond donors (Lipinski definition) is 6. The van der Waals surface area contributed by atoms with E-state index in [9.17, 15) is 33.8 Å². The number of phenolic OH excluding ortho intramolecular Hbond substituents is 1. The maximum atomic E-state index is 11.9. The molecule has 8 nitrogen and oxygen atoms in total. The van der Waals surface area contributed by atoms with E-state index < -0.39 is 36.6 Å². The first kappa shape index (κ1) is 22.3. The minimum atomic E-state index is -5.46. The minimum Gasteiger partial charge on any atom is -0.507 e. The average molecular weight is 395 g/mol. The van der Waals surface area contributed by atoms with Crippen molar-refractivity contribution in [2.45, 2.75) is 57.4 Å². The number of aromatic hydroxyl groups is 1. The SMILES string of the molecule is CC(C)(C)c1cc(C(N)(P(=O)(O)O)P(=O)(O)O)cc(C(C)(C)C)c1O. The molecule has 10 heteroatoms. The van der Waals surface area contributed by atoms with Crippen LogP contribution >= 0.6 is 15.2 Å². The fourth-order valence-electron chi connectivity index (χ4n) is 2.50. The second-order valence-electron chi connectivity index (χ2n) is 8.23. The molecule has 0 amide bonds. The third-order valence-electron chi connectivity index (χ3n) is 4.04. The van der Waals surface area contributed by atoms with Gasteiger partial charge in [-0.05, 0) is 39.7 Å². The molecule has 0 atom stereocenters. The monoisotopic (exact) mass is 395 g/mol. The smallest absolute Gasteiger partial charge is 0.362 e. The highest BCUT2D eigenvalue weighted by molar-refractivity contribution is 7.71. The minimum absolute atomic E-state index is 0.0949. The van der Waals surface area contributed by atoms with Gasteiger partial charge in [0.2, 0.25) is 5.02 Å². The molecule has 7 N–H and O–H groups in total. The number of nitrogens with two attached hydrogens (primary N) is 1. The van der Waals surface area contributed by atoms with Crippen LogP contribution in [0.1, 0.15) is 58.2 Å².